The van der Waals surface area contributed by atoms with Crippen LogP contribution in [0.4, 0.5) is 5.82 Å². The third-order valence-electron chi connectivity index (χ3n) is 5.84. The van der Waals surface area contributed by atoms with E-state index in [4.69, 9.17) is 28.2 Å². The van der Waals surface area contributed by atoms with Crippen LogP contribution in [-0.4, -0.2) is 34.3 Å². The molecule has 1 aromatic carbocycles. The topological polar surface area (TPSA) is 77.5 Å². The Morgan fingerprint density at radius 1 is 1.06 bits per heavy atom. The van der Waals surface area contributed by atoms with Crippen molar-refractivity contribution in [2.24, 2.45) is 0 Å². The number of hydrogen-bond donors (Lipinski definition) is 0. The van der Waals surface area contributed by atoms with Crippen molar-refractivity contribution in [2.75, 3.05) is 4.90 Å². The van der Waals surface area contributed by atoms with Crippen molar-refractivity contribution in [3.63, 3.8) is 0 Å². The van der Waals surface area contributed by atoms with E-state index < -0.39 is 0 Å². The van der Waals surface area contributed by atoms with Crippen LogP contribution in [0.15, 0.2) is 60.7 Å². The van der Waals surface area contributed by atoms with E-state index in [9.17, 15) is 0 Å². The SMILES string of the molecule is CC[C@@H]1c2nnc(C)n2-c2cnc(-n3ccnc3-c3cc(Cl)cc(Cl)c3)nc2N1C1=CC=C1. The number of anilines is 1. The second kappa shape index (κ2) is 7.54. The number of fused-ring (bicyclic) bond motifs is 3. The Kier molecular flexibility index (Phi) is 4.60. The summed E-state index contributed by atoms with van der Waals surface area (Å²) in [5.41, 5.74) is 2.70. The zero-order chi connectivity index (χ0) is 22.7. The van der Waals surface area contributed by atoms with Crippen molar-refractivity contribution >= 4 is 29.0 Å². The number of allylic oxidation sites excluding steroid dienone is 3. The monoisotopic (exact) mass is 476 g/mol. The van der Waals surface area contributed by atoms with Gasteiger partial charge in [0.05, 0.1) is 12.2 Å². The van der Waals surface area contributed by atoms with Crippen LogP contribution >= 0.6 is 23.2 Å². The summed E-state index contributed by atoms with van der Waals surface area (Å²) in [4.78, 5) is 16.4. The third kappa shape index (κ3) is 3.09. The van der Waals surface area contributed by atoms with Crippen LogP contribution in [0, 0.1) is 6.92 Å². The normalized spacial score (nSPS) is 16.3. The molecule has 0 radical (unpaired) electrons. The summed E-state index contributed by atoms with van der Waals surface area (Å²) in [6.07, 6.45) is 12.4. The molecular weight excluding hydrogens is 459 g/mol. The second-order valence-electron chi connectivity index (χ2n) is 7.84. The average molecular weight is 477 g/mol. The Morgan fingerprint density at radius 3 is 2.55 bits per heavy atom. The van der Waals surface area contributed by atoms with Crippen molar-refractivity contribution in [3.05, 3.63) is 82.4 Å². The number of nitrogens with zero attached hydrogens (tertiary/aromatic N) is 8. The molecule has 33 heavy (non-hydrogen) atoms. The number of aryl methyl sites for hydroxylation is 1. The molecule has 1 aliphatic heterocycles. The fourth-order valence-electron chi connectivity index (χ4n) is 4.34. The predicted octanol–water partition coefficient (Wildman–Crippen LogP) is 5.25. The van der Waals surface area contributed by atoms with E-state index in [-0.39, 0.29) is 6.04 Å². The number of benzene rings is 1. The van der Waals surface area contributed by atoms with Gasteiger partial charge in [0, 0.05) is 33.7 Å². The highest BCUT2D eigenvalue weighted by Crippen LogP contribution is 2.42. The quantitative estimate of drug-likeness (QED) is 0.400. The van der Waals surface area contributed by atoms with Crippen LogP contribution in [0.3, 0.4) is 0 Å². The van der Waals surface area contributed by atoms with Crippen LogP contribution in [-0.2, 0) is 0 Å². The molecule has 0 amide bonds. The fourth-order valence-corrected chi connectivity index (χ4v) is 4.86. The van der Waals surface area contributed by atoms with Gasteiger partial charge in [-0.05, 0) is 43.7 Å². The first-order valence-corrected chi connectivity index (χ1v) is 11.3. The lowest BCUT2D eigenvalue weighted by atomic mass is 10.0. The van der Waals surface area contributed by atoms with Gasteiger partial charge in [-0.1, -0.05) is 36.2 Å². The van der Waals surface area contributed by atoms with Crippen LogP contribution in [0.1, 0.15) is 31.0 Å². The van der Waals surface area contributed by atoms with E-state index in [1.54, 1.807) is 12.3 Å². The maximum Gasteiger partial charge on any atom is 0.237 e. The smallest absolute Gasteiger partial charge is 0.237 e. The molecule has 0 N–H and O–H groups in total. The Balaban J connectivity index is 1.54. The molecule has 0 saturated heterocycles. The van der Waals surface area contributed by atoms with Crippen molar-refractivity contribution in [3.8, 4) is 23.0 Å². The summed E-state index contributed by atoms with van der Waals surface area (Å²) < 4.78 is 3.87. The summed E-state index contributed by atoms with van der Waals surface area (Å²) in [5.74, 6) is 3.63. The highest BCUT2D eigenvalue weighted by Gasteiger charge is 2.37. The standard InChI is InChI=1S/C23H18Cl2N8/c1-3-18-22-30-29-13(2)32(22)19-12-27-23(28-21(19)33(18)17-5-4-6-17)31-8-7-26-20(31)14-9-15(24)11-16(25)10-14/h4-12,18H,3H2,1-2H3/t18-/m1/s1. The molecule has 0 bridgehead atoms. The summed E-state index contributed by atoms with van der Waals surface area (Å²) >= 11 is 12.5. The molecule has 4 aromatic rings. The molecule has 2 aliphatic rings. The number of rotatable bonds is 4. The Hall–Kier alpha value is -3.49. The number of halogens is 2. The van der Waals surface area contributed by atoms with Crippen molar-refractivity contribution in [2.45, 2.75) is 26.3 Å². The number of imidazole rings is 1. The van der Waals surface area contributed by atoms with Gasteiger partial charge in [0.1, 0.15) is 17.3 Å². The molecule has 6 rings (SSSR count). The van der Waals surface area contributed by atoms with Gasteiger partial charge in [0.25, 0.3) is 0 Å². The maximum atomic E-state index is 6.23. The van der Waals surface area contributed by atoms with Crippen LogP contribution in [0.25, 0.3) is 23.0 Å². The van der Waals surface area contributed by atoms with E-state index >= 15 is 0 Å². The number of aromatic nitrogens is 7. The zero-order valence-corrected chi connectivity index (χ0v) is 19.3. The summed E-state index contributed by atoms with van der Waals surface area (Å²) in [6.45, 7) is 4.08. The van der Waals surface area contributed by atoms with Crippen molar-refractivity contribution < 1.29 is 0 Å². The Morgan fingerprint density at radius 2 is 1.85 bits per heavy atom. The molecule has 1 atom stereocenters. The van der Waals surface area contributed by atoms with Gasteiger partial charge in [0.15, 0.2) is 11.6 Å². The van der Waals surface area contributed by atoms with Gasteiger partial charge in [-0.3, -0.25) is 9.13 Å². The molecule has 10 heteroatoms. The molecule has 8 nitrogen and oxygen atoms in total. The first kappa shape index (κ1) is 20.1. The van der Waals surface area contributed by atoms with Gasteiger partial charge in [0.2, 0.25) is 5.95 Å². The minimum absolute atomic E-state index is 0.00615. The second-order valence-corrected chi connectivity index (χ2v) is 8.72. The molecule has 1 aliphatic carbocycles. The molecule has 3 aromatic heterocycles. The van der Waals surface area contributed by atoms with E-state index in [1.165, 1.54) is 0 Å². The minimum atomic E-state index is 0.00615. The van der Waals surface area contributed by atoms with Crippen LogP contribution in [0.5, 0.6) is 0 Å². The summed E-state index contributed by atoms with van der Waals surface area (Å²) in [5, 5.41) is 9.87. The largest absolute Gasteiger partial charge is 0.314 e. The lowest BCUT2D eigenvalue weighted by Gasteiger charge is -2.38. The molecule has 0 unspecified atom stereocenters. The lowest BCUT2D eigenvalue weighted by molar-refractivity contribution is 0.572. The van der Waals surface area contributed by atoms with E-state index in [0.717, 1.165) is 40.8 Å². The van der Waals surface area contributed by atoms with Gasteiger partial charge >= 0.3 is 0 Å². The molecule has 164 valence electrons. The van der Waals surface area contributed by atoms with Crippen molar-refractivity contribution in [1.29, 1.82) is 0 Å². The minimum Gasteiger partial charge on any atom is -0.314 e. The molecular formula is C23H18Cl2N8. The fraction of sp³-hybridized carbons (Fsp3) is 0.174. The first-order chi connectivity index (χ1) is 16.0. The van der Waals surface area contributed by atoms with Gasteiger partial charge in [-0.15, -0.1) is 10.2 Å². The molecule has 0 saturated carbocycles. The molecule has 4 heterocycles. The van der Waals surface area contributed by atoms with Crippen LogP contribution in [0.2, 0.25) is 10.0 Å². The van der Waals surface area contributed by atoms with E-state index in [2.05, 4.69) is 44.1 Å². The van der Waals surface area contributed by atoms with Gasteiger partial charge in [-0.2, -0.15) is 4.98 Å². The highest BCUT2D eigenvalue weighted by molar-refractivity contribution is 6.35. The molecule has 0 spiro atoms. The third-order valence-corrected chi connectivity index (χ3v) is 6.28. The predicted molar refractivity (Wildman–Crippen MR) is 127 cm³/mol. The highest BCUT2D eigenvalue weighted by atomic mass is 35.5. The Labute approximate surface area is 199 Å². The summed E-state index contributed by atoms with van der Waals surface area (Å²) in [7, 11) is 0. The van der Waals surface area contributed by atoms with Crippen molar-refractivity contribution in [1.82, 2.24) is 34.3 Å². The van der Waals surface area contributed by atoms with E-state index in [0.29, 0.717) is 21.8 Å². The number of hydrogen-bond acceptors (Lipinski definition) is 6. The Bertz CT molecular complexity index is 1440. The van der Waals surface area contributed by atoms with Crippen LogP contribution < -0.4 is 4.90 Å². The summed E-state index contributed by atoms with van der Waals surface area (Å²) in [6, 6.07) is 5.34. The van der Waals surface area contributed by atoms with Gasteiger partial charge < -0.3 is 4.90 Å². The zero-order valence-electron chi connectivity index (χ0n) is 17.8. The van der Waals surface area contributed by atoms with Gasteiger partial charge in [-0.25, -0.2) is 9.97 Å². The van der Waals surface area contributed by atoms with E-state index in [1.807, 2.05) is 46.7 Å². The molecule has 0 fully saturated rings. The first-order valence-electron chi connectivity index (χ1n) is 10.5. The average Bonchev–Trinajstić information content (AvgIpc) is 3.39. The lowest BCUT2D eigenvalue weighted by Crippen LogP contribution is -2.36. The maximum absolute atomic E-state index is 6.23.